The van der Waals surface area contributed by atoms with Crippen LogP contribution in [-0.2, 0) is 19.1 Å². The van der Waals surface area contributed by atoms with Gasteiger partial charge in [0.15, 0.2) is 6.61 Å². The minimum atomic E-state index is -0.430. The normalized spacial score (nSPS) is 29.8. The second-order valence-corrected chi connectivity index (χ2v) is 13.3. The highest BCUT2D eigenvalue weighted by molar-refractivity contribution is 8.00. The van der Waals surface area contributed by atoms with Gasteiger partial charge in [-0.2, -0.15) is 0 Å². The van der Waals surface area contributed by atoms with Gasteiger partial charge >= 0.3 is 10.8 Å². The highest BCUT2D eigenvalue weighted by atomic mass is 35.5. The van der Waals surface area contributed by atoms with Crippen molar-refractivity contribution < 1.29 is 23.9 Å². The third-order valence-electron chi connectivity index (χ3n) is 8.71. The molecule has 2 amide bonds. The smallest absolute Gasteiger partial charge is 0.344 e. The number of halogens is 1. The maximum absolute atomic E-state index is 13.8. The lowest BCUT2D eigenvalue weighted by atomic mass is 9.68. The number of thiazole rings is 1. The Kier molecular flexibility index (Phi) is 6.32. The van der Waals surface area contributed by atoms with Crippen LogP contribution in [0.4, 0.5) is 5.69 Å². The van der Waals surface area contributed by atoms with Crippen LogP contribution in [0.25, 0.3) is 0 Å². The van der Waals surface area contributed by atoms with Gasteiger partial charge in [0.05, 0.1) is 29.2 Å². The van der Waals surface area contributed by atoms with Gasteiger partial charge in [0.2, 0.25) is 11.8 Å². The molecule has 40 heavy (non-hydrogen) atoms. The van der Waals surface area contributed by atoms with Gasteiger partial charge < -0.3 is 14.5 Å². The summed E-state index contributed by atoms with van der Waals surface area (Å²) in [5.74, 6) is -0.798. The molecule has 3 aromatic rings. The molecule has 7 rings (SSSR count). The van der Waals surface area contributed by atoms with E-state index < -0.39 is 5.97 Å². The molecule has 2 aromatic carbocycles. The summed E-state index contributed by atoms with van der Waals surface area (Å²) in [6.45, 7) is 1.86. The summed E-state index contributed by atoms with van der Waals surface area (Å²) in [4.78, 5) is 56.9. The predicted molar refractivity (Wildman–Crippen MR) is 151 cm³/mol. The molecule has 1 saturated heterocycles. The maximum Gasteiger partial charge on any atom is 0.344 e. The Balaban J connectivity index is 1.22. The van der Waals surface area contributed by atoms with Crippen molar-refractivity contribution in [2.45, 2.75) is 29.5 Å². The number of fused-ring (bicyclic) bond motifs is 9. The lowest BCUT2D eigenvalue weighted by Gasteiger charge is -2.43. The van der Waals surface area contributed by atoms with Crippen LogP contribution < -0.4 is 14.5 Å². The largest absolute Gasteiger partial charge is 0.482 e. The monoisotopic (exact) mass is 596 g/mol. The van der Waals surface area contributed by atoms with Gasteiger partial charge in [0.25, 0.3) is 0 Å². The minimum absolute atomic E-state index is 0.0244. The van der Waals surface area contributed by atoms with Crippen molar-refractivity contribution in [1.82, 2.24) is 4.98 Å². The van der Waals surface area contributed by atoms with Crippen LogP contribution in [0.1, 0.15) is 29.7 Å². The van der Waals surface area contributed by atoms with Crippen molar-refractivity contribution in [3.8, 4) is 5.75 Å². The first-order valence-corrected chi connectivity index (χ1v) is 15.3. The Bertz CT molecular complexity index is 1570. The zero-order valence-corrected chi connectivity index (χ0v) is 23.8. The number of aromatic nitrogens is 1. The van der Waals surface area contributed by atoms with Gasteiger partial charge in [0, 0.05) is 21.1 Å². The number of benzene rings is 2. The zero-order valence-electron chi connectivity index (χ0n) is 21.4. The quantitative estimate of drug-likeness (QED) is 0.324. The number of aromatic amines is 1. The Labute approximate surface area is 243 Å². The van der Waals surface area contributed by atoms with Crippen molar-refractivity contribution in [2.75, 3.05) is 18.1 Å². The first-order chi connectivity index (χ1) is 19.4. The number of rotatable bonds is 6. The van der Waals surface area contributed by atoms with E-state index in [2.05, 4.69) is 4.98 Å². The van der Waals surface area contributed by atoms with Crippen molar-refractivity contribution >= 4 is 58.2 Å². The minimum Gasteiger partial charge on any atom is -0.482 e. The molecule has 1 aromatic heterocycles. The number of carbonyl (C=O) groups is 3. The molecular weight excluding hydrogens is 572 g/mol. The van der Waals surface area contributed by atoms with Crippen LogP contribution in [0, 0.1) is 29.6 Å². The van der Waals surface area contributed by atoms with Crippen LogP contribution in [0.5, 0.6) is 5.75 Å². The van der Waals surface area contributed by atoms with Crippen molar-refractivity contribution in [3.05, 3.63) is 73.7 Å². The first kappa shape index (κ1) is 25.9. The summed E-state index contributed by atoms with van der Waals surface area (Å²) in [7, 11) is 0. The number of anilines is 1. The van der Waals surface area contributed by atoms with Crippen molar-refractivity contribution in [2.24, 2.45) is 29.6 Å². The molecular formula is C29H25ClN2O6S2. The summed E-state index contributed by atoms with van der Waals surface area (Å²) < 4.78 is 10.5. The van der Waals surface area contributed by atoms with Gasteiger partial charge in [-0.1, -0.05) is 35.1 Å². The van der Waals surface area contributed by atoms with E-state index in [1.807, 2.05) is 24.3 Å². The molecule has 8 nitrogen and oxygen atoms in total. The van der Waals surface area contributed by atoms with E-state index in [0.29, 0.717) is 23.1 Å². The van der Waals surface area contributed by atoms with Gasteiger partial charge in [-0.3, -0.25) is 19.3 Å². The molecule has 1 N–H and O–H groups in total. The number of carbonyl (C=O) groups excluding carboxylic acids is 3. The Hall–Kier alpha value is -3.08. The van der Waals surface area contributed by atoms with E-state index in [1.54, 1.807) is 43.0 Å². The molecule has 2 aliphatic heterocycles. The van der Waals surface area contributed by atoms with Gasteiger partial charge in [0.1, 0.15) is 5.75 Å². The predicted octanol–water partition coefficient (Wildman–Crippen LogP) is 4.71. The first-order valence-electron chi connectivity index (χ1n) is 13.3. The number of hydrogen-bond donors (Lipinski definition) is 1. The standard InChI is InChI=1S/C29H25ClN2O6S2/c1-2-37-19(33)12-38-16-9-3-13(4-10-16)20-21-17-11-18(24(21)39-26-25(20)40-29(36)31-26)23-22(17)27(34)32(28(23)35)15-7-5-14(30)6-8-15/h3-10,17-18,20-24H,2,11-12H2,1H3,(H,31,36)/t17-,18-,20-,21?,22?,23?,24?/m1/s1. The number of H-pyrrole nitrogens is 1. The molecule has 11 heteroatoms. The summed E-state index contributed by atoms with van der Waals surface area (Å²) >= 11 is 8.93. The summed E-state index contributed by atoms with van der Waals surface area (Å²) in [5.41, 5.74) is 1.58. The molecule has 2 aliphatic carbocycles. The van der Waals surface area contributed by atoms with Crippen LogP contribution in [-0.4, -0.2) is 41.2 Å². The molecule has 2 bridgehead atoms. The van der Waals surface area contributed by atoms with Gasteiger partial charge in [-0.25, -0.2) is 4.79 Å². The molecule has 206 valence electrons. The van der Waals surface area contributed by atoms with E-state index in [1.165, 1.54) is 16.2 Å². The maximum atomic E-state index is 13.8. The molecule has 0 radical (unpaired) electrons. The number of amides is 2. The molecule has 4 unspecified atom stereocenters. The van der Waals surface area contributed by atoms with Gasteiger partial charge in [-0.05, 0) is 73.1 Å². The Morgan fingerprint density at radius 1 is 1.02 bits per heavy atom. The Morgan fingerprint density at radius 3 is 2.42 bits per heavy atom. The second kappa shape index (κ2) is 9.78. The van der Waals surface area contributed by atoms with Crippen LogP contribution in [0.2, 0.25) is 5.02 Å². The number of ether oxygens (including phenoxy) is 2. The van der Waals surface area contributed by atoms with E-state index in [0.717, 1.165) is 21.9 Å². The van der Waals surface area contributed by atoms with Crippen LogP contribution in [0.15, 0.2) is 58.4 Å². The number of imide groups is 1. The van der Waals surface area contributed by atoms with E-state index in [4.69, 9.17) is 21.1 Å². The molecule has 2 saturated carbocycles. The summed E-state index contributed by atoms with van der Waals surface area (Å²) in [6, 6.07) is 14.4. The molecule has 3 fully saturated rings. The van der Waals surface area contributed by atoms with Crippen LogP contribution in [0.3, 0.4) is 0 Å². The third kappa shape index (κ3) is 3.94. The van der Waals surface area contributed by atoms with E-state index >= 15 is 0 Å². The molecule has 3 heterocycles. The number of esters is 1. The number of nitrogens with one attached hydrogen (secondary N) is 1. The fourth-order valence-electron chi connectivity index (χ4n) is 7.35. The fourth-order valence-corrected chi connectivity index (χ4v) is 10.4. The molecule has 0 spiro atoms. The SMILES string of the molecule is CCOC(=O)COc1ccc([C@H]2c3sc(=O)[nH]c3SC3C2[C@H]2C[C@@H]3C3C(=O)N(c4ccc(Cl)cc4)C(=O)C32)cc1. The second-order valence-electron chi connectivity index (χ2n) is 10.6. The lowest BCUT2D eigenvalue weighted by molar-refractivity contribution is -0.145. The molecule has 7 atom stereocenters. The van der Waals surface area contributed by atoms with Crippen molar-refractivity contribution in [3.63, 3.8) is 0 Å². The zero-order chi connectivity index (χ0) is 27.7. The van der Waals surface area contributed by atoms with E-state index in [9.17, 15) is 19.2 Å². The van der Waals surface area contributed by atoms with Crippen LogP contribution >= 0.6 is 34.7 Å². The fraction of sp³-hybridized carbons (Fsp3) is 0.379. The Morgan fingerprint density at radius 2 is 1.73 bits per heavy atom. The lowest BCUT2D eigenvalue weighted by Crippen LogP contribution is -2.42. The number of hydrogen-bond acceptors (Lipinski definition) is 8. The highest BCUT2D eigenvalue weighted by Crippen LogP contribution is 2.68. The summed E-state index contributed by atoms with van der Waals surface area (Å²) in [6.07, 6.45) is 0.819. The van der Waals surface area contributed by atoms with E-state index in [-0.39, 0.29) is 64.1 Å². The highest BCUT2D eigenvalue weighted by Gasteiger charge is 2.69. The average Bonchev–Trinajstić information content (AvgIpc) is 3.67. The molecule has 4 aliphatic rings. The number of thioether (sulfide) groups is 1. The average molecular weight is 597 g/mol. The topological polar surface area (TPSA) is 106 Å². The van der Waals surface area contributed by atoms with Crippen molar-refractivity contribution in [1.29, 1.82) is 0 Å². The number of nitrogens with zero attached hydrogens (tertiary/aromatic N) is 1. The van der Waals surface area contributed by atoms with Gasteiger partial charge in [-0.15, -0.1) is 11.8 Å². The third-order valence-corrected chi connectivity index (χ3v) is 11.6. The summed E-state index contributed by atoms with van der Waals surface area (Å²) in [5, 5.41) is 1.51.